The first-order chi connectivity index (χ1) is 26.2. The number of aromatic nitrogens is 4. The molecule has 0 atom stereocenters. The molecule has 7 aromatic carbocycles. The highest BCUT2D eigenvalue weighted by molar-refractivity contribution is 7.21. The van der Waals surface area contributed by atoms with Crippen molar-refractivity contribution in [2.45, 2.75) is 0 Å². The van der Waals surface area contributed by atoms with Crippen LogP contribution in [0.4, 0.5) is 0 Å². The van der Waals surface area contributed by atoms with Gasteiger partial charge >= 0.3 is 0 Å². The number of thiazole rings is 1. The van der Waals surface area contributed by atoms with Crippen molar-refractivity contribution in [2.24, 2.45) is 0 Å². The largest absolute Gasteiger partial charge is 0.456 e. The molecule has 11 aromatic rings. The lowest BCUT2D eigenvalue weighted by atomic mass is 9.99. The Morgan fingerprint density at radius 3 is 2.00 bits per heavy atom. The van der Waals surface area contributed by atoms with Crippen LogP contribution in [0.25, 0.3) is 110 Å². The summed E-state index contributed by atoms with van der Waals surface area (Å²) < 4.78 is 14.0. The molecule has 0 saturated heterocycles. The van der Waals surface area contributed by atoms with Crippen LogP contribution >= 0.6 is 11.3 Å². The van der Waals surface area contributed by atoms with Crippen LogP contribution in [0.1, 0.15) is 0 Å². The number of fused-ring (bicyclic) bond motifs is 7. The highest BCUT2D eigenvalue weighted by Gasteiger charge is 2.20. The summed E-state index contributed by atoms with van der Waals surface area (Å²) in [4.78, 5) is 20.2. The van der Waals surface area contributed by atoms with Gasteiger partial charge in [-0.25, -0.2) is 19.9 Å². The number of para-hydroxylation sites is 3. The zero-order valence-corrected chi connectivity index (χ0v) is 28.8. The minimum atomic E-state index is 0.572. The topological polar surface area (TPSA) is 77.8 Å². The third-order valence-electron chi connectivity index (χ3n) is 9.78. The van der Waals surface area contributed by atoms with Gasteiger partial charge in [0.05, 0.1) is 10.2 Å². The normalized spacial score (nSPS) is 11.8. The summed E-state index contributed by atoms with van der Waals surface area (Å²) in [5.41, 5.74) is 10.1. The molecule has 0 unspecified atom stereocenters. The van der Waals surface area contributed by atoms with Gasteiger partial charge in [0.25, 0.3) is 0 Å². The maximum Gasteiger partial charge on any atom is 0.164 e. The van der Waals surface area contributed by atoms with E-state index >= 15 is 0 Å². The van der Waals surface area contributed by atoms with E-state index in [1.807, 2.05) is 78.9 Å². The van der Waals surface area contributed by atoms with Crippen LogP contribution in [0.15, 0.2) is 167 Å². The number of nitrogens with zero attached hydrogens (tertiary/aromatic N) is 4. The molecule has 248 valence electrons. The van der Waals surface area contributed by atoms with Crippen LogP contribution in [-0.2, 0) is 0 Å². The van der Waals surface area contributed by atoms with E-state index in [1.165, 1.54) is 4.70 Å². The molecule has 0 aliphatic heterocycles. The zero-order chi connectivity index (χ0) is 34.9. The number of benzene rings is 7. The van der Waals surface area contributed by atoms with Gasteiger partial charge in [0.15, 0.2) is 17.5 Å². The molecule has 0 aliphatic carbocycles. The molecule has 53 heavy (non-hydrogen) atoms. The SMILES string of the molecule is c1ccc(-c2nc(-c3ccc4oc5ccccc5c4c3)nc(-c3cccc4oc5c(-c6cccc(-c7nc8ccccc8s7)c6)cccc5c34)n2)cc1. The van der Waals surface area contributed by atoms with Crippen LogP contribution in [0.3, 0.4) is 0 Å². The number of hydrogen-bond acceptors (Lipinski definition) is 7. The molecule has 0 fully saturated rings. The number of hydrogen-bond donors (Lipinski definition) is 0. The van der Waals surface area contributed by atoms with Gasteiger partial charge < -0.3 is 8.83 Å². The predicted octanol–water partition coefficient (Wildman–Crippen LogP) is 12.6. The minimum absolute atomic E-state index is 0.572. The third kappa shape index (κ3) is 4.93. The van der Waals surface area contributed by atoms with Crippen LogP contribution in [0, 0.1) is 0 Å². The standard InChI is InChI=1S/C46H26N4O2S/c1-2-11-27(12-3-1)43-48-44(29-23-24-38-35(26-29)32-15-4-6-20-37(32)51-38)50-45(49-43)34-18-10-21-39-41(34)33-17-9-16-31(42(33)52-39)28-13-8-14-30(25-28)46-47-36-19-5-7-22-40(36)53-46/h1-26H. The molecule has 0 amide bonds. The van der Waals surface area contributed by atoms with Crippen molar-refractivity contribution in [1.82, 2.24) is 19.9 Å². The first-order valence-electron chi connectivity index (χ1n) is 17.4. The molecule has 0 N–H and O–H groups in total. The monoisotopic (exact) mass is 698 g/mol. The summed E-state index contributed by atoms with van der Waals surface area (Å²) in [6, 6.07) is 53.4. The Labute approximate surface area is 306 Å². The van der Waals surface area contributed by atoms with Crippen molar-refractivity contribution in [1.29, 1.82) is 0 Å². The highest BCUT2D eigenvalue weighted by Crippen LogP contribution is 2.42. The van der Waals surface area contributed by atoms with Crippen molar-refractivity contribution in [3.63, 3.8) is 0 Å². The van der Waals surface area contributed by atoms with Gasteiger partial charge in [0.2, 0.25) is 0 Å². The summed E-state index contributed by atoms with van der Waals surface area (Å²) in [7, 11) is 0. The third-order valence-corrected chi connectivity index (χ3v) is 10.9. The maximum atomic E-state index is 6.71. The predicted molar refractivity (Wildman–Crippen MR) is 215 cm³/mol. The molecule has 0 bridgehead atoms. The summed E-state index contributed by atoms with van der Waals surface area (Å²) in [6.45, 7) is 0. The molecule has 6 nitrogen and oxygen atoms in total. The van der Waals surface area contributed by atoms with E-state index in [-0.39, 0.29) is 0 Å². The Bertz CT molecular complexity index is 3160. The van der Waals surface area contributed by atoms with Crippen LogP contribution in [-0.4, -0.2) is 19.9 Å². The Balaban J connectivity index is 1.09. The average Bonchev–Trinajstić information content (AvgIpc) is 3.94. The first-order valence-corrected chi connectivity index (χ1v) is 18.2. The molecule has 11 rings (SSSR count). The molecule has 4 aromatic heterocycles. The molecular formula is C46H26N4O2S. The van der Waals surface area contributed by atoms with Crippen molar-refractivity contribution in [3.8, 4) is 55.9 Å². The van der Waals surface area contributed by atoms with Gasteiger partial charge in [0, 0.05) is 49.4 Å². The fourth-order valence-corrected chi connectivity index (χ4v) is 8.25. The fourth-order valence-electron chi connectivity index (χ4n) is 7.28. The zero-order valence-electron chi connectivity index (χ0n) is 28.0. The van der Waals surface area contributed by atoms with Crippen molar-refractivity contribution >= 4 is 65.4 Å². The second kappa shape index (κ2) is 11.8. The molecule has 0 radical (unpaired) electrons. The van der Waals surface area contributed by atoms with Crippen LogP contribution < -0.4 is 0 Å². The number of furan rings is 2. The minimum Gasteiger partial charge on any atom is -0.456 e. The summed E-state index contributed by atoms with van der Waals surface area (Å²) >= 11 is 1.70. The number of rotatable bonds is 5. The maximum absolute atomic E-state index is 6.71. The van der Waals surface area contributed by atoms with Crippen molar-refractivity contribution in [3.05, 3.63) is 158 Å². The molecule has 0 saturated carbocycles. The second-order valence-corrected chi connectivity index (χ2v) is 14.0. The first kappa shape index (κ1) is 29.7. The van der Waals surface area contributed by atoms with E-state index in [2.05, 4.69) is 78.9 Å². The fraction of sp³-hybridized carbons (Fsp3) is 0. The van der Waals surface area contributed by atoms with Crippen molar-refractivity contribution < 1.29 is 8.83 Å². The molecule has 0 spiro atoms. The molecule has 7 heteroatoms. The Kier molecular flexibility index (Phi) is 6.62. The summed E-state index contributed by atoms with van der Waals surface area (Å²) in [6.07, 6.45) is 0. The Hall–Kier alpha value is -6.96. The molecular weight excluding hydrogens is 673 g/mol. The van der Waals surface area contributed by atoms with E-state index in [4.69, 9.17) is 28.8 Å². The summed E-state index contributed by atoms with van der Waals surface area (Å²) in [5, 5.41) is 5.01. The van der Waals surface area contributed by atoms with Crippen LogP contribution in [0.2, 0.25) is 0 Å². The van der Waals surface area contributed by atoms with Gasteiger partial charge in [-0.2, -0.15) is 0 Å². The van der Waals surface area contributed by atoms with Crippen molar-refractivity contribution in [2.75, 3.05) is 0 Å². The second-order valence-electron chi connectivity index (χ2n) is 13.0. The Morgan fingerprint density at radius 1 is 0.396 bits per heavy atom. The van der Waals surface area contributed by atoms with Gasteiger partial charge in [-0.15, -0.1) is 11.3 Å². The van der Waals surface area contributed by atoms with Gasteiger partial charge in [-0.05, 0) is 54.1 Å². The van der Waals surface area contributed by atoms with E-state index in [0.29, 0.717) is 17.5 Å². The van der Waals surface area contributed by atoms with E-state index in [1.54, 1.807) is 11.3 Å². The van der Waals surface area contributed by atoms with Gasteiger partial charge in [-0.1, -0.05) is 109 Å². The lowest BCUT2D eigenvalue weighted by Crippen LogP contribution is -2.00. The lowest BCUT2D eigenvalue weighted by Gasteiger charge is -2.09. The molecule has 0 aliphatic rings. The van der Waals surface area contributed by atoms with Crippen LogP contribution in [0.5, 0.6) is 0 Å². The van der Waals surface area contributed by atoms with Gasteiger partial charge in [-0.3, -0.25) is 0 Å². The average molecular weight is 699 g/mol. The van der Waals surface area contributed by atoms with E-state index in [0.717, 1.165) is 87.8 Å². The smallest absolute Gasteiger partial charge is 0.164 e. The van der Waals surface area contributed by atoms with Gasteiger partial charge in [0.1, 0.15) is 27.3 Å². The van der Waals surface area contributed by atoms with E-state index < -0.39 is 0 Å². The quantitative estimate of drug-likeness (QED) is 0.178. The summed E-state index contributed by atoms with van der Waals surface area (Å²) in [5.74, 6) is 1.75. The lowest BCUT2D eigenvalue weighted by molar-refractivity contribution is 0.669. The highest BCUT2D eigenvalue weighted by atomic mass is 32.1. The molecule has 4 heterocycles. The Morgan fingerprint density at radius 2 is 1.08 bits per heavy atom. The van der Waals surface area contributed by atoms with E-state index in [9.17, 15) is 0 Å².